The summed E-state index contributed by atoms with van der Waals surface area (Å²) in [5.74, 6) is -0.656. The molecule has 3 rings (SSSR count). The molecule has 2 saturated heterocycles. The van der Waals surface area contributed by atoms with Crippen LogP contribution in [0, 0.1) is 0 Å². The van der Waals surface area contributed by atoms with Gasteiger partial charge in [-0.25, -0.2) is 4.79 Å². The Morgan fingerprint density at radius 1 is 0.846 bits per heavy atom. The van der Waals surface area contributed by atoms with Crippen molar-refractivity contribution in [3.05, 3.63) is 35.4 Å². The maximum atomic E-state index is 13.1. The number of morpholine rings is 1. The molecule has 142 valence electrons. The minimum Gasteiger partial charge on any atom is -0.378 e. The Bertz CT molecular complexity index is 667. The molecule has 0 unspecified atom stereocenters. The van der Waals surface area contributed by atoms with Crippen LogP contribution in [0.5, 0.6) is 0 Å². The van der Waals surface area contributed by atoms with Crippen LogP contribution in [0.25, 0.3) is 0 Å². The van der Waals surface area contributed by atoms with Crippen molar-refractivity contribution in [2.24, 2.45) is 0 Å². The number of ether oxygens (including phenoxy) is 1. The lowest BCUT2D eigenvalue weighted by molar-refractivity contribution is -0.138. The van der Waals surface area contributed by atoms with Crippen molar-refractivity contribution in [3.63, 3.8) is 0 Å². The summed E-state index contributed by atoms with van der Waals surface area (Å²) in [4.78, 5) is 29.7. The van der Waals surface area contributed by atoms with Crippen LogP contribution in [-0.2, 0) is 10.9 Å². The number of hydrogen-bond acceptors (Lipinski definition) is 3. The summed E-state index contributed by atoms with van der Waals surface area (Å²) in [6, 6.07) is 4.66. The Morgan fingerprint density at radius 3 is 2.00 bits per heavy atom. The average molecular weight is 371 g/mol. The number of piperazine rings is 1. The second-order valence-corrected chi connectivity index (χ2v) is 6.20. The van der Waals surface area contributed by atoms with E-state index in [1.54, 1.807) is 9.80 Å². The first kappa shape index (κ1) is 18.5. The van der Waals surface area contributed by atoms with Crippen LogP contribution in [-0.4, -0.2) is 79.1 Å². The molecule has 0 atom stereocenters. The Balaban J connectivity index is 1.63. The van der Waals surface area contributed by atoms with E-state index in [4.69, 9.17) is 4.74 Å². The van der Waals surface area contributed by atoms with Gasteiger partial charge in [0.1, 0.15) is 0 Å². The zero-order valence-electron chi connectivity index (χ0n) is 14.2. The summed E-state index contributed by atoms with van der Waals surface area (Å²) in [5.41, 5.74) is -1.29. The van der Waals surface area contributed by atoms with Gasteiger partial charge in [-0.3, -0.25) is 4.79 Å². The van der Waals surface area contributed by atoms with Crippen LogP contribution < -0.4 is 0 Å². The number of carbonyl (C=O) groups is 2. The Morgan fingerprint density at radius 2 is 1.38 bits per heavy atom. The molecular weight excluding hydrogens is 351 g/mol. The molecule has 0 radical (unpaired) electrons. The van der Waals surface area contributed by atoms with Gasteiger partial charge in [0.15, 0.2) is 0 Å². The molecule has 26 heavy (non-hydrogen) atoms. The third-order valence-corrected chi connectivity index (χ3v) is 4.58. The molecule has 6 nitrogen and oxygen atoms in total. The Kier molecular flexibility index (Phi) is 5.36. The number of amides is 3. The predicted octanol–water partition coefficient (Wildman–Crippen LogP) is 1.92. The maximum absolute atomic E-state index is 13.1. The molecule has 0 spiro atoms. The molecule has 0 bridgehead atoms. The van der Waals surface area contributed by atoms with Gasteiger partial charge < -0.3 is 19.4 Å². The van der Waals surface area contributed by atoms with Crippen molar-refractivity contribution in [2.75, 3.05) is 52.5 Å². The van der Waals surface area contributed by atoms with E-state index in [1.807, 2.05) is 0 Å². The normalized spacial score (nSPS) is 18.8. The predicted molar refractivity (Wildman–Crippen MR) is 86.7 cm³/mol. The van der Waals surface area contributed by atoms with Gasteiger partial charge in [0, 0.05) is 39.3 Å². The lowest BCUT2D eigenvalue weighted by Crippen LogP contribution is -2.55. The fourth-order valence-corrected chi connectivity index (χ4v) is 3.14. The largest absolute Gasteiger partial charge is 0.417 e. The van der Waals surface area contributed by atoms with Gasteiger partial charge in [0.25, 0.3) is 5.91 Å². The fourth-order valence-electron chi connectivity index (χ4n) is 3.14. The number of carbonyl (C=O) groups excluding carboxylic acids is 2. The van der Waals surface area contributed by atoms with Gasteiger partial charge >= 0.3 is 12.2 Å². The van der Waals surface area contributed by atoms with Crippen molar-refractivity contribution in [2.45, 2.75) is 6.18 Å². The molecule has 2 heterocycles. The van der Waals surface area contributed by atoms with Crippen molar-refractivity contribution >= 4 is 11.9 Å². The van der Waals surface area contributed by atoms with Crippen LogP contribution >= 0.6 is 0 Å². The van der Waals surface area contributed by atoms with Crippen molar-refractivity contribution < 1.29 is 27.5 Å². The molecule has 0 N–H and O–H groups in total. The number of hydrogen-bond donors (Lipinski definition) is 0. The van der Waals surface area contributed by atoms with E-state index in [0.717, 1.165) is 6.07 Å². The zero-order chi connectivity index (χ0) is 18.7. The van der Waals surface area contributed by atoms with Crippen LogP contribution in [0.4, 0.5) is 18.0 Å². The van der Waals surface area contributed by atoms with Crippen LogP contribution in [0.15, 0.2) is 24.3 Å². The number of alkyl halides is 3. The second-order valence-electron chi connectivity index (χ2n) is 6.20. The van der Waals surface area contributed by atoms with Gasteiger partial charge in [0.05, 0.1) is 24.3 Å². The van der Waals surface area contributed by atoms with E-state index in [0.29, 0.717) is 39.4 Å². The average Bonchev–Trinajstić information content (AvgIpc) is 2.67. The highest BCUT2D eigenvalue weighted by molar-refractivity contribution is 5.96. The van der Waals surface area contributed by atoms with Gasteiger partial charge in [0.2, 0.25) is 0 Å². The molecule has 2 fully saturated rings. The highest BCUT2D eigenvalue weighted by Crippen LogP contribution is 2.32. The van der Waals surface area contributed by atoms with Crippen LogP contribution in [0.1, 0.15) is 15.9 Å². The smallest absolute Gasteiger partial charge is 0.378 e. The van der Waals surface area contributed by atoms with E-state index >= 15 is 0 Å². The molecule has 1 aromatic carbocycles. The first-order chi connectivity index (χ1) is 12.4. The fraction of sp³-hybridized carbons (Fsp3) is 0.529. The monoisotopic (exact) mass is 371 g/mol. The van der Waals surface area contributed by atoms with Crippen molar-refractivity contribution in [1.82, 2.24) is 14.7 Å². The molecule has 0 saturated carbocycles. The number of rotatable bonds is 1. The molecule has 3 amide bonds. The van der Waals surface area contributed by atoms with Crippen molar-refractivity contribution in [1.29, 1.82) is 0 Å². The van der Waals surface area contributed by atoms with Crippen LogP contribution in [0.2, 0.25) is 0 Å². The Hall–Kier alpha value is -2.29. The summed E-state index contributed by atoms with van der Waals surface area (Å²) in [7, 11) is 0. The van der Waals surface area contributed by atoms with E-state index in [9.17, 15) is 22.8 Å². The number of benzene rings is 1. The van der Waals surface area contributed by atoms with Gasteiger partial charge in [-0.05, 0) is 12.1 Å². The molecule has 0 aliphatic carbocycles. The first-order valence-corrected chi connectivity index (χ1v) is 8.45. The van der Waals surface area contributed by atoms with Crippen LogP contribution in [0.3, 0.4) is 0 Å². The lowest BCUT2D eigenvalue weighted by Gasteiger charge is -2.38. The summed E-state index contributed by atoms with van der Waals surface area (Å²) in [6.07, 6.45) is -4.58. The highest BCUT2D eigenvalue weighted by atomic mass is 19.4. The molecule has 0 aromatic heterocycles. The second kappa shape index (κ2) is 7.53. The molecule has 2 aliphatic heterocycles. The minimum absolute atomic E-state index is 0.115. The molecular formula is C17H20F3N3O3. The summed E-state index contributed by atoms with van der Waals surface area (Å²) in [6.45, 7) is 3.07. The highest BCUT2D eigenvalue weighted by Gasteiger charge is 2.36. The minimum atomic E-state index is -4.58. The van der Waals surface area contributed by atoms with E-state index in [-0.39, 0.29) is 24.7 Å². The van der Waals surface area contributed by atoms with E-state index in [1.165, 1.54) is 23.1 Å². The third kappa shape index (κ3) is 3.92. The molecule has 9 heteroatoms. The number of halogens is 3. The lowest BCUT2D eigenvalue weighted by atomic mass is 10.1. The number of urea groups is 1. The van der Waals surface area contributed by atoms with Gasteiger partial charge in [-0.1, -0.05) is 12.1 Å². The summed E-state index contributed by atoms with van der Waals surface area (Å²) < 4.78 is 44.5. The zero-order valence-corrected chi connectivity index (χ0v) is 14.2. The molecule has 2 aliphatic rings. The molecule has 1 aromatic rings. The van der Waals surface area contributed by atoms with Gasteiger partial charge in [-0.15, -0.1) is 0 Å². The topological polar surface area (TPSA) is 53.1 Å². The quantitative estimate of drug-likeness (QED) is 0.758. The summed E-state index contributed by atoms with van der Waals surface area (Å²) >= 11 is 0. The maximum Gasteiger partial charge on any atom is 0.417 e. The first-order valence-electron chi connectivity index (χ1n) is 8.45. The van der Waals surface area contributed by atoms with E-state index in [2.05, 4.69) is 0 Å². The van der Waals surface area contributed by atoms with Crippen molar-refractivity contribution in [3.8, 4) is 0 Å². The SMILES string of the molecule is O=C(c1ccccc1C(F)(F)F)N1CCN(C(=O)N2CCOCC2)CC1. The van der Waals surface area contributed by atoms with Gasteiger partial charge in [-0.2, -0.15) is 13.2 Å². The van der Waals surface area contributed by atoms with E-state index < -0.39 is 17.6 Å². The standard InChI is InChI=1S/C17H20F3N3O3/c18-17(19,20)14-4-2-1-3-13(14)15(24)21-5-7-22(8-6-21)16(25)23-9-11-26-12-10-23/h1-4H,5-12H2. The third-order valence-electron chi connectivity index (χ3n) is 4.58. The Labute approximate surface area is 149 Å². The summed E-state index contributed by atoms with van der Waals surface area (Å²) in [5, 5.41) is 0. The number of nitrogens with zero attached hydrogens (tertiary/aromatic N) is 3.